The summed E-state index contributed by atoms with van der Waals surface area (Å²) in [4.78, 5) is 3.79. The quantitative estimate of drug-likeness (QED) is 0.942. The second-order valence-electron chi connectivity index (χ2n) is 3.81. The smallest absolute Gasteiger partial charge is 0.263 e. The summed E-state index contributed by atoms with van der Waals surface area (Å²) in [6, 6.07) is 8.41. The molecule has 0 aliphatic heterocycles. The van der Waals surface area contributed by atoms with Crippen molar-refractivity contribution < 1.29 is 8.42 Å². The van der Waals surface area contributed by atoms with E-state index in [9.17, 15) is 8.42 Å². The number of hydrogen-bond acceptors (Lipinski definition) is 3. The molecule has 0 aliphatic carbocycles. The number of nitrogens with one attached hydrogen (secondary N) is 1. The van der Waals surface area contributed by atoms with Crippen LogP contribution < -0.4 is 4.72 Å². The number of rotatable bonds is 3. The molecule has 4 nitrogen and oxygen atoms in total. The van der Waals surface area contributed by atoms with Crippen molar-refractivity contribution in [1.82, 2.24) is 4.98 Å². The molecule has 6 heteroatoms. The van der Waals surface area contributed by atoms with Crippen LogP contribution in [0.3, 0.4) is 0 Å². The number of anilines is 1. The summed E-state index contributed by atoms with van der Waals surface area (Å²) in [7, 11) is -3.65. The van der Waals surface area contributed by atoms with Crippen LogP contribution in [-0.4, -0.2) is 13.4 Å². The van der Waals surface area contributed by atoms with Gasteiger partial charge >= 0.3 is 0 Å². The van der Waals surface area contributed by atoms with Crippen LogP contribution in [0.4, 0.5) is 5.69 Å². The summed E-state index contributed by atoms with van der Waals surface area (Å²) in [5.41, 5.74) is 1.56. The molecule has 1 heterocycles. The Morgan fingerprint density at radius 3 is 2.44 bits per heavy atom. The Morgan fingerprint density at radius 1 is 1.17 bits per heavy atom. The number of pyridine rings is 1. The fourth-order valence-corrected chi connectivity index (χ4v) is 2.66. The fraction of sp³-hybridized carbons (Fsp3) is 0.0833. The molecule has 0 saturated carbocycles. The molecule has 94 valence electrons. The highest BCUT2D eigenvalue weighted by atomic mass is 35.5. The second kappa shape index (κ2) is 4.96. The van der Waals surface area contributed by atoms with Crippen molar-refractivity contribution in [2.75, 3.05) is 4.72 Å². The van der Waals surface area contributed by atoms with E-state index < -0.39 is 10.0 Å². The average Bonchev–Trinajstić information content (AvgIpc) is 2.32. The van der Waals surface area contributed by atoms with Gasteiger partial charge in [0.15, 0.2) is 0 Å². The van der Waals surface area contributed by atoms with Crippen molar-refractivity contribution in [3.63, 3.8) is 0 Å². The van der Waals surface area contributed by atoms with Gasteiger partial charge < -0.3 is 0 Å². The van der Waals surface area contributed by atoms with E-state index in [2.05, 4.69) is 9.71 Å². The Morgan fingerprint density at radius 2 is 1.83 bits per heavy atom. The normalized spacial score (nSPS) is 11.2. The number of halogens is 1. The highest BCUT2D eigenvalue weighted by Gasteiger charge is 2.14. The first-order valence-corrected chi connectivity index (χ1v) is 7.03. The van der Waals surface area contributed by atoms with Crippen molar-refractivity contribution in [2.24, 2.45) is 0 Å². The Labute approximate surface area is 111 Å². The predicted molar refractivity (Wildman–Crippen MR) is 71.2 cm³/mol. The van der Waals surface area contributed by atoms with Gasteiger partial charge in [-0.05, 0) is 25.1 Å². The average molecular weight is 283 g/mol. The summed E-state index contributed by atoms with van der Waals surface area (Å²) in [6.07, 6.45) is 2.63. The van der Waals surface area contributed by atoms with Crippen LogP contribution in [0.15, 0.2) is 47.6 Å². The van der Waals surface area contributed by atoms with E-state index in [1.54, 1.807) is 12.1 Å². The molecule has 2 rings (SSSR count). The van der Waals surface area contributed by atoms with E-state index >= 15 is 0 Å². The summed E-state index contributed by atoms with van der Waals surface area (Å²) in [5, 5.41) is 0.279. The SMILES string of the molecule is Cc1ccc(NS(=O)(=O)c2cncc(Cl)c2)cc1. The minimum absolute atomic E-state index is 0.0376. The maximum Gasteiger partial charge on any atom is 0.263 e. The summed E-state index contributed by atoms with van der Waals surface area (Å²) < 4.78 is 26.5. The summed E-state index contributed by atoms with van der Waals surface area (Å²) in [5.74, 6) is 0. The molecule has 1 aromatic carbocycles. The van der Waals surface area contributed by atoms with E-state index in [1.165, 1.54) is 18.5 Å². The fourth-order valence-electron chi connectivity index (χ4n) is 1.38. The van der Waals surface area contributed by atoms with Crippen LogP contribution in [0.5, 0.6) is 0 Å². The van der Waals surface area contributed by atoms with Gasteiger partial charge in [-0.15, -0.1) is 0 Å². The van der Waals surface area contributed by atoms with Crippen LogP contribution in [0, 0.1) is 6.92 Å². The highest BCUT2D eigenvalue weighted by Crippen LogP contribution is 2.18. The van der Waals surface area contributed by atoms with Crippen LogP contribution in [0.2, 0.25) is 5.02 Å². The number of aryl methyl sites for hydroxylation is 1. The van der Waals surface area contributed by atoms with Crippen molar-refractivity contribution in [3.05, 3.63) is 53.3 Å². The number of hydrogen-bond donors (Lipinski definition) is 1. The van der Waals surface area contributed by atoms with E-state index in [1.807, 2.05) is 19.1 Å². The topological polar surface area (TPSA) is 59.1 Å². The van der Waals surface area contributed by atoms with Gasteiger partial charge in [-0.1, -0.05) is 29.3 Å². The molecular weight excluding hydrogens is 272 g/mol. The molecule has 0 radical (unpaired) electrons. The van der Waals surface area contributed by atoms with E-state index in [0.29, 0.717) is 5.69 Å². The Bertz CT molecular complexity index is 654. The monoisotopic (exact) mass is 282 g/mol. The molecule has 18 heavy (non-hydrogen) atoms. The third-order valence-electron chi connectivity index (χ3n) is 2.29. The van der Waals surface area contributed by atoms with Crippen molar-refractivity contribution in [1.29, 1.82) is 0 Å². The zero-order valence-corrected chi connectivity index (χ0v) is 11.2. The second-order valence-corrected chi connectivity index (χ2v) is 5.93. The molecule has 0 aliphatic rings. The minimum atomic E-state index is -3.65. The first-order valence-electron chi connectivity index (χ1n) is 5.17. The molecule has 0 fully saturated rings. The van der Waals surface area contributed by atoms with E-state index in [-0.39, 0.29) is 9.92 Å². The van der Waals surface area contributed by atoms with Gasteiger partial charge in [0, 0.05) is 18.1 Å². The summed E-state index contributed by atoms with van der Waals surface area (Å²) in [6.45, 7) is 1.93. The molecule has 1 N–H and O–H groups in total. The molecule has 1 aromatic heterocycles. The lowest BCUT2D eigenvalue weighted by atomic mass is 10.2. The molecule has 0 saturated heterocycles. The van der Waals surface area contributed by atoms with Crippen LogP contribution in [-0.2, 0) is 10.0 Å². The van der Waals surface area contributed by atoms with Crippen molar-refractivity contribution in [3.8, 4) is 0 Å². The maximum absolute atomic E-state index is 12.0. The lowest BCUT2D eigenvalue weighted by molar-refractivity contribution is 0.601. The first-order chi connectivity index (χ1) is 8.47. The maximum atomic E-state index is 12.0. The largest absolute Gasteiger partial charge is 0.280 e. The van der Waals surface area contributed by atoms with Crippen LogP contribution in [0.1, 0.15) is 5.56 Å². The molecule has 2 aromatic rings. The van der Waals surface area contributed by atoms with Gasteiger partial charge in [-0.3, -0.25) is 9.71 Å². The van der Waals surface area contributed by atoms with Crippen molar-refractivity contribution in [2.45, 2.75) is 11.8 Å². The Balaban J connectivity index is 2.30. The molecule has 0 spiro atoms. The molecule has 0 amide bonds. The zero-order chi connectivity index (χ0) is 13.2. The minimum Gasteiger partial charge on any atom is -0.280 e. The van der Waals surface area contributed by atoms with Gasteiger partial charge in [0.25, 0.3) is 10.0 Å². The number of nitrogens with zero attached hydrogens (tertiary/aromatic N) is 1. The number of aromatic nitrogens is 1. The highest BCUT2D eigenvalue weighted by molar-refractivity contribution is 7.92. The number of sulfonamides is 1. The molecular formula is C12H11ClN2O2S. The van der Waals surface area contributed by atoms with E-state index in [4.69, 9.17) is 11.6 Å². The van der Waals surface area contributed by atoms with Crippen LogP contribution in [0.25, 0.3) is 0 Å². The summed E-state index contributed by atoms with van der Waals surface area (Å²) >= 11 is 5.72. The van der Waals surface area contributed by atoms with Crippen molar-refractivity contribution >= 4 is 27.3 Å². The molecule has 0 atom stereocenters. The first kappa shape index (κ1) is 12.9. The van der Waals surface area contributed by atoms with Gasteiger partial charge in [0.2, 0.25) is 0 Å². The predicted octanol–water partition coefficient (Wildman–Crippen LogP) is 2.84. The van der Waals surface area contributed by atoms with Crippen LogP contribution >= 0.6 is 11.6 Å². The van der Waals surface area contributed by atoms with Gasteiger partial charge in [-0.2, -0.15) is 0 Å². The lowest BCUT2D eigenvalue weighted by Crippen LogP contribution is -2.13. The zero-order valence-electron chi connectivity index (χ0n) is 9.59. The Kier molecular flexibility index (Phi) is 3.54. The van der Waals surface area contributed by atoms with Gasteiger partial charge in [0.1, 0.15) is 4.90 Å². The van der Waals surface area contributed by atoms with Gasteiger partial charge in [0.05, 0.1) is 5.02 Å². The third-order valence-corrected chi connectivity index (χ3v) is 3.85. The number of benzene rings is 1. The molecule has 0 bridgehead atoms. The van der Waals surface area contributed by atoms with E-state index in [0.717, 1.165) is 5.56 Å². The third kappa shape index (κ3) is 3.00. The Hall–Kier alpha value is -1.59. The lowest BCUT2D eigenvalue weighted by Gasteiger charge is -2.08. The standard InChI is InChI=1S/C12H11ClN2O2S/c1-9-2-4-11(5-3-9)15-18(16,17)12-6-10(13)7-14-8-12/h2-8,15H,1H3. The molecule has 0 unspecified atom stereocenters. The van der Waals surface area contributed by atoms with Gasteiger partial charge in [-0.25, -0.2) is 8.42 Å².